The summed E-state index contributed by atoms with van der Waals surface area (Å²) in [5, 5.41) is 0.994. The molecule has 2 aromatic rings. The number of hydrogen-bond acceptors (Lipinski definition) is 4. The molecule has 0 saturated heterocycles. The Morgan fingerprint density at radius 3 is 2.13 bits per heavy atom. The van der Waals surface area contributed by atoms with E-state index in [0.29, 0.717) is 28.2 Å². The average Bonchev–Trinajstić information content (AvgIpc) is 2.70. The molecule has 0 aliphatic carbocycles. The van der Waals surface area contributed by atoms with Gasteiger partial charge in [-0.15, -0.1) is 11.6 Å². The molecule has 7 heteroatoms. The number of halogens is 3. The molecule has 0 aromatic heterocycles. The molecule has 2 aromatic carbocycles. The first-order valence-corrected chi connectivity index (χ1v) is 11.1. The number of esters is 1. The monoisotopic (exact) mass is 472 g/mol. The van der Waals surface area contributed by atoms with E-state index in [1.54, 1.807) is 0 Å². The molecule has 2 rings (SSSR count). The summed E-state index contributed by atoms with van der Waals surface area (Å²) in [5.41, 5.74) is 1.70. The van der Waals surface area contributed by atoms with Crippen molar-refractivity contribution in [3.8, 4) is 11.5 Å². The van der Waals surface area contributed by atoms with Gasteiger partial charge < -0.3 is 14.2 Å². The number of carbonyl (C=O) groups is 1. The summed E-state index contributed by atoms with van der Waals surface area (Å²) in [4.78, 5) is 11.1. The minimum absolute atomic E-state index is 0.171. The summed E-state index contributed by atoms with van der Waals surface area (Å²) in [5.74, 6) is 0.968. The van der Waals surface area contributed by atoms with Crippen molar-refractivity contribution in [2.45, 2.75) is 45.6 Å². The van der Waals surface area contributed by atoms with Crippen molar-refractivity contribution in [2.75, 3.05) is 19.1 Å². The van der Waals surface area contributed by atoms with Gasteiger partial charge in [-0.3, -0.25) is 4.79 Å². The molecule has 0 aliphatic heterocycles. The largest absolute Gasteiger partial charge is 0.490 e. The van der Waals surface area contributed by atoms with Gasteiger partial charge in [-0.1, -0.05) is 56.1 Å². The molecule has 164 valence electrons. The SMILES string of the molecule is CCCOc1c(Cl)cc(C(C)(C)c2ccc(OCC(CCl)OC(C)=O)cc2)cc1Cl. The second-order valence-corrected chi connectivity index (χ2v) is 8.59. The van der Waals surface area contributed by atoms with Crippen molar-refractivity contribution in [1.29, 1.82) is 0 Å². The Morgan fingerprint density at radius 2 is 1.63 bits per heavy atom. The van der Waals surface area contributed by atoms with Crippen molar-refractivity contribution in [2.24, 2.45) is 0 Å². The number of alkyl halides is 1. The van der Waals surface area contributed by atoms with Crippen molar-refractivity contribution in [3.05, 3.63) is 57.6 Å². The van der Waals surface area contributed by atoms with Gasteiger partial charge in [0.15, 0.2) is 5.75 Å². The highest BCUT2D eigenvalue weighted by molar-refractivity contribution is 6.37. The average molecular weight is 474 g/mol. The highest BCUT2D eigenvalue weighted by Gasteiger charge is 2.25. The van der Waals surface area contributed by atoms with E-state index in [1.165, 1.54) is 6.92 Å². The topological polar surface area (TPSA) is 44.8 Å². The first-order chi connectivity index (χ1) is 14.2. The van der Waals surface area contributed by atoms with E-state index >= 15 is 0 Å². The second-order valence-electron chi connectivity index (χ2n) is 7.46. The predicted molar refractivity (Wildman–Crippen MR) is 123 cm³/mol. The minimum atomic E-state index is -0.488. The third-order valence-electron chi connectivity index (χ3n) is 4.69. The lowest BCUT2D eigenvalue weighted by Crippen LogP contribution is -2.25. The summed E-state index contributed by atoms with van der Waals surface area (Å²) >= 11 is 18.7. The lowest BCUT2D eigenvalue weighted by Gasteiger charge is -2.27. The van der Waals surface area contributed by atoms with Crippen LogP contribution in [-0.4, -0.2) is 31.2 Å². The van der Waals surface area contributed by atoms with E-state index in [1.807, 2.05) is 43.3 Å². The maximum absolute atomic E-state index is 11.1. The molecule has 0 fully saturated rings. The highest BCUT2D eigenvalue weighted by Crippen LogP contribution is 2.40. The van der Waals surface area contributed by atoms with Gasteiger partial charge in [-0.25, -0.2) is 0 Å². The van der Waals surface area contributed by atoms with Crippen molar-refractivity contribution in [1.82, 2.24) is 0 Å². The zero-order chi connectivity index (χ0) is 22.3. The van der Waals surface area contributed by atoms with Crippen molar-refractivity contribution in [3.63, 3.8) is 0 Å². The maximum atomic E-state index is 11.1. The highest BCUT2D eigenvalue weighted by atomic mass is 35.5. The zero-order valence-corrected chi connectivity index (χ0v) is 19.9. The Balaban J connectivity index is 2.15. The van der Waals surface area contributed by atoms with Gasteiger partial charge >= 0.3 is 5.97 Å². The van der Waals surface area contributed by atoms with E-state index in [0.717, 1.165) is 17.5 Å². The number of benzene rings is 2. The molecular weight excluding hydrogens is 447 g/mol. The Morgan fingerprint density at radius 1 is 1.03 bits per heavy atom. The molecule has 0 bridgehead atoms. The van der Waals surface area contributed by atoms with Crippen LogP contribution in [0.4, 0.5) is 0 Å². The molecule has 1 atom stereocenters. The van der Waals surface area contributed by atoms with Crippen LogP contribution in [0, 0.1) is 0 Å². The van der Waals surface area contributed by atoms with E-state index in [2.05, 4.69) is 13.8 Å². The fourth-order valence-electron chi connectivity index (χ4n) is 2.93. The van der Waals surface area contributed by atoms with Gasteiger partial charge in [0, 0.05) is 12.3 Å². The molecular formula is C23H27Cl3O4. The molecule has 0 heterocycles. The van der Waals surface area contributed by atoms with Crippen LogP contribution in [-0.2, 0) is 14.9 Å². The van der Waals surface area contributed by atoms with Crippen LogP contribution in [0.2, 0.25) is 10.0 Å². The molecule has 0 saturated carbocycles. The molecule has 30 heavy (non-hydrogen) atoms. The van der Waals surface area contributed by atoms with E-state index in [4.69, 9.17) is 49.0 Å². The third-order valence-corrected chi connectivity index (χ3v) is 5.59. The molecule has 0 amide bonds. The fraction of sp³-hybridized carbons (Fsp3) is 0.435. The smallest absolute Gasteiger partial charge is 0.303 e. The van der Waals surface area contributed by atoms with Crippen LogP contribution >= 0.6 is 34.8 Å². The number of ether oxygens (including phenoxy) is 3. The molecule has 0 spiro atoms. The third kappa shape index (κ3) is 6.44. The standard InChI is InChI=1S/C23H27Cl3O4/c1-5-10-28-22-20(25)11-17(12-21(22)26)23(3,4)16-6-8-18(9-7-16)29-14-19(13-24)30-15(2)27/h6-9,11-12,19H,5,10,13-14H2,1-4H3. The van der Waals surface area contributed by atoms with Crippen molar-refractivity contribution >= 4 is 40.8 Å². The minimum Gasteiger partial charge on any atom is -0.490 e. The zero-order valence-electron chi connectivity index (χ0n) is 17.6. The van der Waals surface area contributed by atoms with E-state index in [9.17, 15) is 4.79 Å². The predicted octanol–water partition coefficient (Wildman–Crippen LogP) is 6.66. The second kappa shape index (κ2) is 11.1. The van der Waals surface area contributed by atoms with Gasteiger partial charge in [-0.2, -0.15) is 0 Å². The molecule has 4 nitrogen and oxygen atoms in total. The van der Waals surface area contributed by atoms with Crippen LogP contribution in [0.5, 0.6) is 11.5 Å². The fourth-order valence-corrected chi connectivity index (χ4v) is 3.68. The Kier molecular flexibility index (Phi) is 9.14. The van der Waals surface area contributed by atoms with Crippen molar-refractivity contribution < 1.29 is 19.0 Å². The summed E-state index contributed by atoms with van der Waals surface area (Å²) in [6.45, 7) is 8.32. The van der Waals surface area contributed by atoms with Gasteiger partial charge in [0.05, 0.1) is 22.5 Å². The number of rotatable bonds is 10. The lowest BCUT2D eigenvalue weighted by molar-refractivity contribution is -0.146. The molecule has 0 aliphatic rings. The summed E-state index contributed by atoms with van der Waals surface area (Å²) in [6, 6.07) is 11.5. The lowest BCUT2D eigenvalue weighted by atomic mass is 9.78. The summed E-state index contributed by atoms with van der Waals surface area (Å²) in [7, 11) is 0. The summed E-state index contributed by atoms with van der Waals surface area (Å²) < 4.78 is 16.5. The van der Waals surface area contributed by atoms with Gasteiger partial charge in [0.2, 0.25) is 0 Å². The van der Waals surface area contributed by atoms with E-state index < -0.39 is 6.10 Å². The van der Waals surface area contributed by atoms with Crippen LogP contribution < -0.4 is 9.47 Å². The van der Waals surface area contributed by atoms with Crippen LogP contribution in [0.1, 0.15) is 45.2 Å². The van der Waals surface area contributed by atoms with Gasteiger partial charge in [-0.05, 0) is 41.8 Å². The molecule has 0 N–H and O–H groups in total. The van der Waals surface area contributed by atoms with Crippen LogP contribution in [0.25, 0.3) is 0 Å². The van der Waals surface area contributed by atoms with E-state index in [-0.39, 0.29) is 23.9 Å². The molecule has 1 unspecified atom stereocenters. The van der Waals surface area contributed by atoms with Crippen LogP contribution in [0.15, 0.2) is 36.4 Å². The Labute approximate surface area is 193 Å². The first kappa shape index (κ1) is 24.6. The Hall–Kier alpha value is -1.62. The maximum Gasteiger partial charge on any atom is 0.303 e. The number of hydrogen-bond donors (Lipinski definition) is 0. The Bertz CT molecular complexity index is 827. The number of carbonyl (C=O) groups excluding carboxylic acids is 1. The molecule has 0 radical (unpaired) electrons. The normalized spacial score (nSPS) is 12.4. The van der Waals surface area contributed by atoms with Gasteiger partial charge in [0.1, 0.15) is 18.5 Å². The summed E-state index contributed by atoms with van der Waals surface area (Å²) in [6.07, 6.45) is 0.388. The first-order valence-electron chi connectivity index (χ1n) is 9.77. The van der Waals surface area contributed by atoms with Crippen LogP contribution in [0.3, 0.4) is 0 Å². The van der Waals surface area contributed by atoms with Gasteiger partial charge in [0.25, 0.3) is 0 Å². The quantitative estimate of drug-likeness (QED) is 0.286.